The average molecular weight is 316 g/mol. The predicted molar refractivity (Wildman–Crippen MR) is 100 cm³/mol. The first-order valence-corrected chi connectivity index (χ1v) is 9.48. The number of hydrogen-bond acceptors (Lipinski definition) is 3. The lowest BCUT2D eigenvalue weighted by Crippen LogP contribution is -2.46. The van der Waals surface area contributed by atoms with Crippen LogP contribution < -0.4 is 10.2 Å². The van der Waals surface area contributed by atoms with Crippen molar-refractivity contribution in [3.63, 3.8) is 0 Å². The molecule has 0 bridgehead atoms. The summed E-state index contributed by atoms with van der Waals surface area (Å²) in [5.41, 5.74) is 2.65. The third-order valence-corrected chi connectivity index (χ3v) is 6.15. The number of benzene rings is 1. The molecular formula is C20H33N3. The highest BCUT2D eigenvalue weighted by Gasteiger charge is 2.32. The van der Waals surface area contributed by atoms with Crippen molar-refractivity contribution in [3.05, 3.63) is 24.3 Å². The minimum absolute atomic E-state index is 0.707. The van der Waals surface area contributed by atoms with Gasteiger partial charge in [0.25, 0.3) is 0 Å². The lowest BCUT2D eigenvalue weighted by atomic mass is 9.78. The van der Waals surface area contributed by atoms with Crippen molar-refractivity contribution in [1.82, 2.24) is 4.90 Å². The lowest BCUT2D eigenvalue weighted by molar-refractivity contribution is 0.0830. The third-order valence-electron chi connectivity index (χ3n) is 6.15. The molecule has 2 aliphatic rings. The molecule has 0 radical (unpaired) electrons. The molecule has 3 unspecified atom stereocenters. The van der Waals surface area contributed by atoms with Crippen LogP contribution in [0.15, 0.2) is 24.3 Å². The second-order valence-corrected chi connectivity index (χ2v) is 7.46. The maximum absolute atomic E-state index is 3.69. The quantitative estimate of drug-likeness (QED) is 0.884. The first kappa shape index (κ1) is 16.6. The highest BCUT2D eigenvalue weighted by atomic mass is 15.1. The summed E-state index contributed by atoms with van der Waals surface area (Å²) in [5.74, 6) is 1.61. The first-order valence-electron chi connectivity index (χ1n) is 9.48. The summed E-state index contributed by atoms with van der Waals surface area (Å²) in [4.78, 5) is 5.02. The van der Waals surface area contributed by atoms with E-state index in [0.29, 0.717) is 6.04 Å². The third kappa shape index (κ3) is 3.82. The van der Waals surface area contributed by atoms with Crippen molar-refractivity contribution >= 4 is 11.4 Å². The summed E-state index contributed by atoms with van der Waals surface area (Å²) in [6.45, 7) is 9.53. The molecule has 23 heavy (non-hydrogen) atoms. The number of rotatable bonds is 5. The van der Waals surface area contributed by atoms with Gasteiger partial charge in [-0.05, 0) is 75.9 Å². The summed E-state index contributed by atoms with van der Waals surface area (Å²) in [5, 5.41) is 3.69. The zero-order chi connectivity index (χ0) is 16.2. The molecule has 1 aromatic carbocycles. The molecule has 3 nitrogen and oxygen atoms in total. The van der Waals surface area contributed by atoms with Crippen LogP contribution in [0.4, 0.5) is 11.4 Å². The van der Waals surface area contributed by atoms with Crippen LogP contribution in [0.2, 0.25) is 0 Å². The molecule has 2 saturated heterocycles. The fourth-order valence-corrected chi connectivity index (χ4v) is 4.45. The van der Waals surface area contributed by atoms with Gasteiger partial charge in [-0.3, -0.25) is 0 Å². The molecule has 2 heterocycles. The number of anilines is 2. The van der Waals surface area contributed by atoms with Crippen LogP contribution in [0, 0.1) is 11.8 Å². The summed E-state index contributed by atoms with van der Waals surface area (Å²) in [6, 6.07) is 9.78. The van der Waals surface area contributed by atoms with E-state index in [4.69, 9.17) is 0 Å². The van der Waals surface area contributed by atoms with E-state index in [9.17, 15) is 0 Å². The Morgan fingerprint density at radius 1 is 1.09 bits per heavy atom. The molecule has 0 amide bonds. The minimum atomic E-state index is 0.707. The van der Waals surface area contributed by atoms with Crippen molar-refractivity contribution < 1.29 is 0 Å². The standard InChI is InChI=1S/C20H33N3/c1-4-20-16(2)22(3)14-11-17(20)15-21-18-7-9-19(10-8-18)23-12-5-6-13-23/h7-10,16-17,20-21H,4-6,11-15H2,1-3H3. The number of nitrogens with one attached hydrogen (secondary N) is 1. The van der Waals surface area contributed by atoms with Gasteiger partial charge >= 0.3 is 0 Å². The van der Waals surface area contributed by atoms with Gasteiger partial charge in [-0.15, -0.1) is 0 Å². The van der Waals surface area contributed by atoms with Gasteiger partial charge in [0.05, 0.1) is 0 Å². The number of nitrogens with zero attached hydrogens (tertiary/aromatic N) is 2. The van der Waals surface area contributed by atoms with Gasteiger partial charge < -0.3 is 15.1 Å². The molecule has 0 spiro atoms. The summed E-state index contributed by atoms with van der Waals surface area (Å²) < 4.78 is 0. The van der Waals surface area contributed by atoms with Gasteiger partial charge in [-0.1, -0.05) is 13.3 Å². The molecule has 2 fully saturated rings. The van der Waals surface area contributed by atoms with E-state index in [2.05, 4.69) is 60.3 Å². The summed E-state index contributed by atoms with van der Waals surface area (Å²) >= 11 is 0. The number of likely N-dealkylation sites (tertiary alicyclic amines) is 1. The van der Waals surface area contributed by atoms with E-state index < -0.39 is 0 Å². The van der Waals surface area contributed by atoms with E-state index in [1.807, 2.05) is 0 Å². The molecule has 3 atom stereocenters. The molecule has 2 aliphatic heterocycles. The van der Waals surface area contributed by atoms with Crippen molar-refractivity contribution in [2.75, 3.05) is 43.4 Å². The zero-order valence-electron chi connectivity index (χ0n) is 15.1. The van der Waals surface area contributed by atoms with Gasteiger partial charge in [-0.25, -0.2) is 0 Å². The smallest absolute Gasteiger partial charge is 0.0367 e. The Bertz CT molecular complexity index is 478. The number of hydrogen-bond donors (Lipinski definition) is 1. The topological polar surface area (TPSA) is 18.5 Å². The van der Waals surface area contributed by atoms with E-state index in [-0.39, 0.29) is 0 Å². The minimum Gasteiger partial charge on any atom is -0.385 e. The molecular weight excluding hydrogens is 282 g/mol. The fraction of sp³-hybridized carbons (Fsp3) is 0.700. The molecule has 0 aromatic heterocycles. The van der Waals surface area contributed by atoms with Crippen LogP contribution in [0.3, 0.4) is 0 Å². The Labute approximate surface area is 142 Å². The van der Waals surface area contributed by atoms with Gasteiger partial charge in [0.2, 0.25) is 0 Å². The molecule has 0 aliphatic carbocycles. The lowest BCUT2D eigenvalue weighted by Gasteiger charge is -2.42. The molecule has 3 rings (SSSR count). The Kier molecular flexibility index (Phi) is 5.47. The molecule has 3 heteroatoms. The van der Waals surface area contributed by atoms with Crippen molar-refractivity contribution in [2.45, 2.75) is 45.6 Å². The second kappa shape index (κ2) is 7.57. The Balaban J connectivity index is 1.55. The largest absolute Gasteiger partial charge is 0.385 e. The van der Waals surface area contributed by atoms with Crippen molar-refractivity contribution in [1.29, 1.82) is 0 Å². The maximum atomic E-state index is 3.69. The van der Waals surface area contributed by atoms with E-state index in [1.54, 1.807) is 0 Å². The molecule has 1 aromatic rings. The van der Waals surface area contributed by atoms with Gasteiger partial charge in [0, 0.05) is 37.1 Å². The van der Waals surface area contributed by atoms with E-state index in [0.717, 1.165) is 18.4 Å². The zero-order valence-corrected chi connectivity index (χ0v) is 15.1. The van der Waals surface area contributed by atoms with Gasteiger partial charge in [0.1, 0.15) is 0 Å². The van der Waals surface area contributed by atoms with Crippen LogP contribution in [-0.4, -0.2) is 44.2 Å². The highest BCUT2D eigenvalue weighted by Crippen LogP contribution is 2.31. The molecule has 1 N–H and O–H groups in total. The van der Waals surface area contributed by atoms with Gasteiger partial charge in [0.15, 0.2) is 0 Å². The van der Waals surface area contributed by atoms with E-state index in [1.165, 1.54) is 56.7 Å². The molecule has 128 valence electrons. The van der Waals surface area contributed by atoms with Crippen LogP contribution in [0.25, 0.3) is 0 Å². The summed E-state index contributed by atoms with van der Waals surface area (Å²) in [6.07, 6.45) is 5.28. The highest BCUT2D eigenvalue weighted by molar-refractivity contribution is 5.55. The first-order chi connectivity index (χ1) is 11.2. The Morgan fingerprint density at radius 3 is 2.43 bits per heavy atom. The van der Waals surface area contributed by atoms with Gasteiger partial charge in [-0.2, -0.15) is 0 Å². The fourth-order valence-electron chi connectivity index (χ4n) is 4.45. The van der Waals surface area contributed by atoms with Crippen LogP contribution in [0.5, 0.6) is 0 Å². The Hall–Kier alpha value is -1.22. The van der Waals surface area contributed by atoms with E-state index >= 15 is 0 Å². The SMILES string of the molecule is CCC1C(CNc2ccc(N3CCCC3)cc2)CCN(C)C1C. The average Bonchev–Trinajstić information content (AvgIpc) is 3.11. The summed E-state index contributed by atoms with van der Waals surface area (Å²) in [7, 11) is 2.27. The normalized spacial score (nSPS) is 29.0. The molecule has 0 saturated carbocycles. The van der Waals surface area contributed by atoms with Crippen molar-refractivity contribution in [2.24, 2.45) is 11.8 Å². The van der Waals surface area contributed by atoms with Crippen LogP contribution >= 0.6 is 0 Å². The maximum Gasteiger partial charge on any atom is 0.0367 e. The monoisotopic (exact) mass is 315 g/mol. The van der Waals surface area contributed by atoms with Crippen LogP contribution in [-0.2, 0) is 0 Å². The second-order valence-electron chi connectivity index (χ2n) is 7.46. The predicted octanol–water partition coefficient (Wildman–Crippen LogP) is 4.07. The Morgan fingerprint density at radius 2 is 1.78 bits per heavy atom. The van der Waals surface area contributed by atoms with Crippen molar-refractivity contribution in [3.8, 4) is 0 Å². The van der Waals surface area contributed by atoms with Crippen LogP contribution in [0.1, 0.15) is 39.5 Å². The number of piperidine rings is 1.